The molecule has 0 aliphatic carbocycles. The van der Waals surface area contributed by atoms with E-state index in [1.165, 1.54) is 27.1 Å². The standard InChI is InChI=1S/C30H26N2P/c1-2-32-26(21-25-20-24(22-31)18-19-30(25)32)23-33(27-12-6-3-7-13-27,28-14-8-4-9-15-28)29-16-10-5-11-17-29/h3-21H,2,23H2,1H3/q+1. The molecule has 0 atom stereocenters. The highest BCUT2D eigenvalue weighted by molar-refractivity contribution is 7.95. The quantitative estimate of drug-likeness (QED) is 0.294. The molecule has 0 spiro atoms. The molecule has 5 rings (SSSR count). The van der Waals surface area contributed by atoms with Crippen LogP contribution in [0.1, 0.15) is 18.2 Å². The zero-order chi connectivity index (χ0) is 22.7. The van der Waals surface area contributed by atoms with Crippen molar-refractivity contribution in [2.24, 2.45) is 0 Å². The summed E-state index contributed by atoms with van der Waals surface area (Å²) in [7, 11) is -1.98. The molecule has 0 aliphatic rings. The van der Waals surface area contributed by atoms with Gasteiger partial charge in [0.1, 0.15) is 29.3 Å². The van der Waals surface area contributed by atoms with Crippen LogP contribution in [0.2, 0.25) is 0 Å². The zero-order valence-electron chi connectivity index (χ0n) is 18.7. The first kappa shape index (κ1) is 21.2. The zero-order valence-corrected chi connectivity index (χ0v) is 19.6. The Bertz CT molecular complexity index is 1320. The molecule has 4 aromatic carbocycles. The van der Waals surface area contributed by atoms with Gasteiger partial charge in [-0.1, -0.05) is 54.6 Å². The van der Waals surface area contributed by atoms with E-state index in [9.17, 15) is 5.26 Å². The molecule has 0 unspecified atom stereocenters. The lowest BCUT2D eigenvalue weighted by atomic mass is 10.2. The summed E-state index contributed by atoms with van der Waals surface area (Å²) in [6, 6.07) is 43.6. The molecule has 0 bridgehead atoms. The highest BCUT2D eigenvalue weighted by Crippen LogP contribution is 2.58. The van der Waals surface area contributed by atoms with Gasteiger partial charge < -0.3 is 4.57 Å². The first-order valence-electron chi connectivity index (χ1n) is 11.3. The van der Waals surface area contributed by atoms with Crippen molar-refractivity contribution < 1.29 is 0 Å². The fraction of sp³-hybridized carbons (Fsp3) is 0.100. The van der Waals surface area contributed by atoms with E-state index in [4.69, 9.17) is 0 Å². The Kier molecular flexibility index (Phi) is 5.82. The van der Waals surface area contributed by atoms with Crippen LogP contribution in [0.3, 0.4) is 0 Å². The molecule has 33 heavy (non-hydrogen) atoms. The van der Waals surface area contributed by atoms with Gasteiger partial charge in [-0.3, -0.25) is 0 Å². The summed E-state index contributed by atoms with van der Waals surface area (Å²) >= 11 is 0. The van der Waals surface area contributed by atoms with Crippen LogP contribution in [-0.2, 0) is 12.7 Å². The van der Waals surface area contributed by atoms with Gasteiger partial charge in [0, 0.05) is 17.4 Å². The lowest BCUT2D eigenvalue weighted by Gasteiger charge is -2.28. The number of aryl methyl sites for hydroxylation is 1. The van der Waals surface area contributed by atoms with Crippen LogP contribution in [-0.4, -0.2) is 4.57 Å². The van der Waals surface area contributed by atoms with Gasteiger partial charge in [-0.25, -0.2) is 0 Å². The molecule has 0 aliphatic heterocycles. The number of aromatic nitrogens is 1. The summed E-state index contributed by atoms with van der Waals surface area (Å²) in [5.41, 5.74) is 3.21. The van der Waals surface area contributed by atoms with E-state index in [1.807, 2.05) is 12.1 Å². The van der Waals surface area contributed by atoms with E-state index < -0.39 is 7.26 Å². The van der Waals surface area contributed by atoms with Gasteiger partial charge in [0.05, 0.1) is 17.3 Å². The minimum Gasteiger partial charge on any atom is -0.342 e. The normalized spacial score (nSPS) is 11.4. The van der Waals surface area contributed by atoms with Crippen LogP contribution in [0.5, 0.6) is 0 Å². The van der Waals surface area contributed by atoms with Gasteiger partial charge in [0.15, 0.2) is 0 Å². The lowest BCUT2D eigenvalue weighted by molar-refractivity contribution is 0.764. The van der Waals surface area contributed by atoms with Crippen molar-refractivity contribution in [3.8, 4) is 6.07 Å². The summed E-state index contributed by atoms with van der Waals surface area (Å²) in [6.45, 7) is 3.10. The van der Waals surface area contributed by atoms with Crippen molar-refractivity contribution in [2.75, 3.05) is 0 Å². The van der Waals surface area contributed by atoms with Crippen molar-refractivity contribution in [3.63, 3.8) is 0 Å². The van der Waals surface area contributed by atoms with Crippen LogP contribution in [0.4, 0.5) is 0 Å². The molecule has 0 fully saturated rings. The first-order chi connectivity index (χ1) is 16.3. The molecular weight excluding hydrogens is 419 g/mol. The van der Waals surface area contributed by atoms with Gasteiger partial charge >= 0.3 is 0 Å². The van der Waals surface area contributed by atoms with Crippen molar-refractivity contribution in [1.29, 1.82) is 5.26 Å². The Morgan fingerprint density at radius 2 is 1.21 bits per heavy atom. The third-order valence-corrected chi connectivity index (χ3v) is 10.8. The Hall–Kier alpha value is -3.66. The predicted molar refractivity (Wildman–Crippen MR) is 141 cm³/mol. The van der Waals surface area contributed by atoms with Crippen molar-refractivity contribution in [1.82, 2.24) is 4.57 Å². The number of rotatable bonds is 6. The van der Waals surface area contributed by atoms with Gasteiger partial charge in [-0.2, -0.15) is 5.26 Å². The maximum atomic E-state index is 9.41. The Morgan fingerprint density at radius 1 is 0.697 bits per heavy atom. The smallest absolute Gasteiger partial charge is 0.118 e. The predicted octanol–water partition coefficient (Wildman–Crippen LogP) is 6.03. The Balaban J connectivity index is 1.80. The second kappa shape index (κ2) is 9.07. The molecule has 0 saturated carbocycles. The van der Waals surface area contributed by atoms with Crippen molar-refractivity contribution >= 4 is 34.1 Å². The first-order valence-corrected chi connectivity index (χ1v) is 13.3. The summed E-state index contributed by atoms with van der Waals surface area (Å²) < 4.78 is 2.42. The monoisotopic (exact) mass is 445 g/mol. The van der Waals surface area contributed by atoms with Gasteiger partial charge in [0.2, 0.25) is 0 Å². The largest absolute Gasteiger partial charge is 0.342 e. The molecular formula is C30H26N2P+. The van der Waals surface area contributed by atoms with Gasteiger partial charge in [-0.15, -0.1) is 0 Å². The van der Waals surface area contributed by atoms with E-state index in [-0.39, 0.29) is 0 Å². The van der Waals surface area contributed by atoms with Crippen LogP contribution in [0.15, 0.2) is 115 Å². The van der Waals surface area contributed by atoms with Crippen molar-refractivity contribution in [2.45, 2.75) is 19.6 Å². The van der Waals surface area contributed by atoms with E-state index in [0.717, 1.165) is 18.1 Å². The second-order valence-corrected chi connectivity index (χ2v) is 11.7. The summed E-state index contributed by atoms with van der Waals surface area (Å²) in [5, 5.41) is 14.7. The minimum atomic E-state index is -1.98. The molecule has 0 amide bonds. The Labute approximate surface area is 196 Å². The average Bonchev–Trinajstić information content (AvgIpc) is 3.24. The van der Waals surface area contributed by atoms with E-state index in [1.54, 1.807) is 0 Å². The minimum absolute atomic E-state index is 0.706. The lowest BCUT2D eigenvalue weighted by Crippen LogP contribution is -2.33. The molecule has 5 aromatic rings. The Morgan fingerprint density at radius 3 is 1.67 bits per heavy atom. The van der Waals surface area contributed by atoms with Gasteiger partial charge in [-0.05, 0) is 67.6 Å². The van der Waals surface area contributed by atoms with Crippen molar-refractivity contribution in [3.05, 3.63) is 127 Å². The number of hydrogen-bond donors (Lipinski definition) is 0. The number of fused-ring (bicyclic) bond motifs is 1. The van der Waals surface area contributed by atoms with Gasteiger partial charge in [0.25, 0.3) is 0 Å². The van der Waals surface area contributed by atoms with E-state index >= 15 is 0 Å². The molecule has 0 N–H and O–H groups in total. The highest BCUT2D eigenvalue weighted by atomic mass is 31.2. The number of benzene rings is 4. The summed E-state index contributed by atoms with van der Waals surface area (Å²) in [4.78, 5) is 0. The van der Waals surface area contributed by atoms with Crippen LogP contribution in [0, 0.1) is 11.3 Å². The summed E-state index contributed by atoms with van der Waals surface area (Å²) in [5.74, 6) is 0. The fourth-order valence-electron chi connectivity index (χ4n) is 4.91. The maximum Gasteiger partial charge on any atom is 0.118 e. The number of nitriles is 1. The highest BCUT2D eigenvalue weighted by Gasteiger charge is 2.46. The van der Waals surface area contributed by atoms with Crippen LogP contribution in [0.25, 0.3) is 10.9 Å². The third-order valence-electron chi connectivity index (χ3n) is 6.42. The maximum absolute atomic E-state index is 9.41. The molecule has 0 radical (unpaired) electrons. The van der Waals surface area contributed by atoms with E-state index in [2.05, 4.69) is 121 Å². The number of nitrogens with zero attached hydrogens (tertiary/aromatic N) is 2. The molecule has 160 valence electrons. The second-order valence-electron chi connectivity index (χ2n) is 8.24. The molecule has 3 heteroatoms. The van der Waals surface area contributed by atoms with Crippen LogP contribution >= 0.6 is 7.26 Å². The average molecular weight is 446 g/mol. The fourth-order valence-corrected chi connectivity index (χ4v) is 9.15. The molecule has 1 aromatic heterocycles. The molecule has 2 nitrogen and oxygen atoms in total. The number of hydrogen-bond acceptors (Lipinski definition) is 1. The van der Waals surface area contributed by atoms with E-state index in [0.29, 0.717) is 5.56 Å². The topological polar surface area (TPSA) is 28.7 Å². The molecule has 0 saturated heterocycles. The summed E-state index contributed by atoms with van der Waals surface area (Å²) in [6.07, 6.45) is 0.926. The SMILES string of the molecule is CCn1c(C[P+](c2ccccc2)(c2ccccc2)c2ccccc2)cc2cc(C#N)ccc21. The molecule has 1 heterocycles. The third kappa shape index (κ3) is 3.76. The van der Waals surface area contributed by atoms with Crippen LogP contribution < -0.4 is 15.9 Å².